The quantitative estimate of drug-likeness (QED) is 0.555. The Hall–Kier alpha value is -2.33. The fourth-order valence-corrected chi connectivity index (χ4v) is 3.68. The molecule has 0 spiro atoms. The summed E-state index contributed by atoms with van der Waals surface area (Å²) in [5, 5.41) is 3.46. The molecule has 0 radical (unpaired) electrons. The average molecular weight is 429 g/mol. The number of rotatable bonds is 10. The Bertz CT molecular complexity index is 833. The first-order valence-corrected chi connectivity index (χ1v) is 11.1. The maximum Gasteiger partial charge on any atom is 0.242 e. The van der Waals surface area contributed by atoms with E-state index in [-0.39, 0.29) is 11.8 Å². The summed E-state index contributed by atoms with van der Waals surface area (Å²) in [5.41, 5.74) is 3.25. The molecule has 162 valence electrons. The lowest BCUT2D eigenvalue weighted by Gasteiger charge is -2.31. The van der Waals surface area contributed by atoms with E-state index in [4.69, 9.17) is 11.6 Å². The highest BCUT2D eigenvalue weighted by Crippen LogP contribution is 2.21. The van der Waals surface area contributed by atoms with E-state index in [1.807, 2.05) is 38.1 Å². The van der Waals surface area contributed by atoms with Crippen molar-refractivity contribution in [2.24, 2.45) is 0 Å². The molecule has 2 aromatic carbocycles. The molecule has 0 aromatic heterocycles. The minimum atomic E-state index is -0.517. The van der Waals surface area contributed by atoms with Crippen molar-refractivity contribution in [2.75, 3.05) is 6.54 Å². The summed E-state index contributed by atoms with van der Waals surface area (Å²) in [6, 6.07) is 15.4. The first kappa shape index (κ1) is 23.9. The smallest absolute Gasteiger partial charge is 0.242 e. The van der Waals surface area contributed by atoms with Gasteiger partial charge in [-0.25, -0.2) is 0 Å². The van der Waals surface area contributed by atoms with Crippen LogP contribution in [0, 0.1) is 0 Å². The number of hydrogen-bond acceptors (Lipinski definition) is 2. The molecule has 0 saturated carbocycles. The fourth-order valence-electron chi connectivity index (χ4n) is 3.49. The summed E-state index contributed by atoms with van der Waals surface area (Å²) in [7, 11) is 0. The largest absolute Gasteiger partial charge is 0.355 e. The highest BCUT2D eigenvalue weighted by molar-refractivity contribution is 6.31. The number of nitrogens with zero attached hydrogens (tertiary/aromatic N) is 1. The second-order valence-corrected chi connectivity index (χ2v) is 8.24. The Morgan fingerprint density at radius 1 is 1.03 bits per heavy atom. The highest BCUT2D eigenvalue weighted by atomic mass is 35.5. The SMILES string of the molecule is CCNC(=O)[C@@H](CC)N(Cc1ccccc1Cl)C(=O)CCc1ccc(C(C)C)cc1. The molecule has 0 aliphatic heterocycles. The Labute approximate surface area is 185 Å². The van der Waals surface area contributed by atoms with Gasteiger partial charge in [0.05, 0.1) is 0 Å². The average Bonchev–Trinajstić information content (AvgIpc) is 2.73. The molecule has 0 heterocycles. The summed E-state index contributed by atoms with van der Waals surface area (Å²) in [4.78, 5) is 27.5. The van der Waals surface area contributed by atoms with Crippen LogP contribution in [0.1, 0.15) is 63.1 Å². The van der Waals surface area contributed by atoms with Crippen LogP contribution in [-0.4, -0.2) is 29.3 Å². The van der Waals surface area contributed by atoms with Gasteiger partial charge in [0, 0.05) is 24.5 Å². The van der Waals surface area contributed by atoms with Gasteiger partial charge in [-0.3, -0.25) is 9.59 Å². The second kappa shape index (κ2) is 11.8. The molecule has 2 aromatic rings. The minimum Gasteiger partial charge on any atom is -0.355 e. The van der Waals surface area contributed by atoms with Gasteiger partial charge in [0.25, 0.3) is 0 Å². The summed E-state index contributed by atoms with van der Waals surface area (Å²) in [6.45, 7) is 8.99. The van der Waals surface area contributed by atoms with Crippen molar-refractivity contribution in [1.29, 1.82) is 0 Å². The molecular formula is C25H33ClN2O2. The molecule has 0 aliphatic carbocycles. The molecule has 0 saturated heterocycles. The number of hydrogen-bond donors (Lipinski definition) is 1. The van der Waals surface area contributed by atoms with E-state index in [9.17, 15) is 9.59 Å². The van der Waals surface area contributed by atoms with Crippen LogP contribution in [0.25, 0.3) is 0 Å². The van der Waals surface area contributed by atoms with Gasteiger partial charge in [-0.2, -0.15) is 0 Å². The number of amides is 2. The van der Waals surface area contributed by atoms with Crippen LogP contribution in [0.4, 0.5) is 0 Å². The second-order valence-electron chi connectivity index (χ2n) is 7.83. The Morgan fingerprint density at radius 2 is 1.70 bits per heavy atom. The van der Waals surface area contributed by atoms with Crippen molar-refractivity contribution in [3.63, 3.8) is 0 Å². The zero-order chi connectivity index (χ0) is 22.1. The summed E-state index contributed by atoms with van der Waals surface area (Å²) >= 11 is 6.34. The third kappa shape index (κ3) is 6.60. The van der Waals surface area contributed by atoms with Gasteiger partial charge in [0.15, 0.2) is 0 Å². The van der Waals surface area contributed by atoms with Crippen LogP contribution in [0.2, 0.25) is 5.02 Å². The molecular weight excluding hydrogens is 396 g/mol. The molecule has 1 N–H and O–H groups in total. The third-order valence-corrected chi connectivity index (χ3v) is 5.68. The normalized spacial score (nSPS) is 11.9. The molecule has 30 heavy (non-hydrogen) atoms. The van der Waals surface area contributed by atoms with E-state index in [0.717, 1.165) is 11.1 Å². The number of carbonyl (C=O) groups excluding carboxylic acids is 2. The topological polar surface area (TPSA) is 49.4 Å². The lowest BCUT2D eigenvalue weighted by Crippen LogP contribution is -2.49. The van der Waals surface area contributed by atoms with Crippen LogP contribution >= 0.6 is 11.6 Å². The van der Waals surface area contributed by atoms with Crippen molar-refractivity contribution in [3.05, 3.63) is 70.2 Å². The van der Waals surface area contributed by atoms with Gasteiger partial charge < -0.3 is 10.2 Å². The first-order valence-electron chi connectivity index (χ1n) is 10.8. The van der Waals surface area contributed by atoms with Crippen LogP contribution in [0.5, 0.6) is 0 Å². The van der Waals surface area contributed by atoms with Crippen molar-refractivity contribution in [3.8, 4) is 0 Å². The lowest BCUT2D eigenvalue weighted by atomic mass is 10.00. The van der Waals surface area contributed by atoms with Gasteiger partial charge in [0.1, 0.15) is 6.04 Å². The summed E-state index contributed by atoms with van der Waals surface area (Å²) in [5.74, 6) is 0.317. The highest BCUT2D eigenvalue weighted by Gasteiger charge is 2.28. The van der Waals surface area contributed by atoms with Gasteiger partial charge in [-0.1, -0.05) is 74.8 Å². The zero-order valence-corrected chi connectivity index (χ0v) is 19.2. The fraction of sp³-hybridized carbons (Fsp3) is 0.440. The van der Waals surface area contributed by atoms with Crippen LogP contribution in [0.15, 0.2) is 48.5 Å². The van der Waals surface area contributed by atoms with Crippen molar-refractivity contribution < 1.29 is 9.59 Å². The third-order valence-electron chi connectivity index (χ3n) is 5.31. The minimum absolute atomic E-state index is 0.0408. The van der Waals surface area contributed by atoms with Gasteiger partial charge >= 0.3 is 0 Å². The van der Waals surface area contributed by atoms with Gasteiger partial charge in [0.2, 0.25) is 11.8 Å². The molecule has 0 aliphatic rings. The van der Waals surface area contributed by atoms with Crippen molar-refractivity contribution in [1.82, 2.24) is 10.2 Å². The molecule has 2 rings (SSSR count). The summed E-state index contributed by atoms with van der Waals surface area (Å²) < 4.78 is 0. The predicted octanol–water partition coefficient (Wildman–Crippen LogP) is 5.34. The molecule has 0 fully saturated rings. The molecule has 0 unspecified atom stereocenters. The summed E-state index contributed by atoms with van der Waals surface area (Å²) in [6.07, 6.45) is 1.54. The number of aryl methyl sites for hydroxylation is 1. The number of halogens is 1. The van der Waals surface area contributed by atoms with Gasteiger partial charge in [-0.05, 0) is 48.4 Å². The molecule has 4 nitrogen and oxygen atoms in total. The van der Waals surface area contributed by atoms with Crippen LogP contribution in [-0.2, 0) is 22.6 Å². The van der Waals surface area contributed by atoms with E-state index < -0.39 is 6.04 Å². The monoisotopic (exact) mass is 428 g/mol. The Balaban J connectivity index is 2.18. The van der Waals surface area contributed by atoms with Crippen LogP contribution < -0.4 is 5.32 Å². The van der Waals surface area contributed by atoms with Crippen molar-refractivity contribution in [2.45, 2.75) is 65.5 Å². The maximum atomic E-state index is 13.2. The Morgan fingerprint density at radius 3 is 2.27 bits per heavy atom. The zero-order valence-electron chi connectivity index (χ0n) is 18.5. The number of benzene rings is 2. The van der Waals surface area contributed by atoms with E-state index in [1.54, 1.807) is 4.90 Å². The first-order chi connectivity index (χ1) is 14.4. The van der Waals surface area contributed by atoms with E-state index >= 15 is 0 Å². The van der Waals surface area contributed by atoms with Crippen LogP contribution in [0.3, 0.4) is 0 Å². The number of likely N-dealkylation sites (N-methyl/N-ethyl adjacent to an activating group) is 1. The number of carbonyl (C=O) groups is 2. The molecule has 0 bridgehead atoms. The van der Waals surface area contributed by atoms with E-state index in [1.165, 1.54) is 5.56 Å². The molecule has 2 amide bonds. The van der Waals surface area contributed by atoms with Gasteiger partial charge in [-0.15, -0.1) is 0 Å². The van der Waals surface area contributed by atoms with E-state index in [0.29, 0.717) is 43.3 Å². The molecule has 5 heteroatoms. The molecule has 1 atom stereocenters. The van der Waals surface area contributed by atoms with Crippen molar-refractivity contribution >= 4 is 23.4 Å². The predicted molar refractivity (Wildman–Crippen MR) is 124 cm³/mol. The number of nitrogens with one attached hydrogen (secondary N) is 1. The maximum absolute atomic E-state index is 13.2. The Kier molecular flexibility index (Phi) is 9.38. The lowest BCUT2D eigenvalue weighted by molar-refractivity contribution is -0.141. The standard InChI is InChI=1S/C25H33ClN2O2/c1-5-23(25(30)27-6-2)28(17-21-9-7-8-10-22(21)26)24(29)16-13-19-11-14-20(15-12-19)18(3)4/h7-12,14-15,18,23H,5-6,13,16-17H2,1-4H3,(H,27,30)/t23-/m1/s1. The van der Waals surface area contributed by atoms with E-state index in [2.05, 4.69) is 43.4 Å².